The maximum Gasteiger partial charge on any atom is 0.178 e. The van der Waals surface area contributed by atoms with Crippen molar-refractivity contribution < 1.29 is 9.21 Å². The van der Waals surface area contributed by atoms with E-state index in [2.05, 4.69) is 11.5 Å². The van der Waals surface area contributed by atoms with Gasteiger partial charge in [0.1, 0.15) is 11.5 Å². The standard InChI is InChI=1S/C17H24N2O2/c1-6-19-12(2)9-16(14(19)4)17(20)11-18(5)10-15-8-7-13(3)21-15/h7-9H,6,10-11H2,1-5H3. The maximum absolute atomic E-state index is 12.5. The Morgan fingerprint density at radius 2 is 2.00 bits per heavy atom. The van der Waals surface area contributed by atoms with Crippen LogP contribution >= 0.6 is 0 Å². The van der Waals surface area contributed by atoms with Gasteiger partial charge in [-0.15, -0.1) is 0 Å². The second-order valence-corrected chi connectivity index (χ2v) is 5.64. The van der Waals surface area contributed by atoms with Gasteiger partial charge in [0.15, 0.2) is 5.78 Å². The summed E-state index contributed by atoms with van der Waals surface area (Å²) in [6.45, 7) is 10.0. The minimum absolute atomic E-state index is 0.161. The number of aryl methyl sites for hydroxylation is 2. The van der Waals surface area contributed by atoms with E-state index in [-0.39, 0.29) is 5.78 Å². The molecule has 0 fully saturated rings. The van der Waals surface area contributed by atoms with Crippen LogP contribution in [0.3, 0.4) is 0 Å². The van der Waals surface area contributed by atoms with E-state index in [1.54, 1.807) is 0 Å². The van der Waals surface area contributed by atoms with E-state index in [9.17, 15) is 4.79 Å². The van der Waals surface area contributed by atoms with Crippen LogP contribution in [0.15, 0.2) is 22.6 Å². The molecule has 0 amide bonds. The van der Waals surface area contributed by atoms with Crippen LogP contribution in [0.25, 0.3) is 0 Å². The summed E-state index contributed by atoms with van der Waals surface area (Å²) in [5.41, 5.74) is 3.03. The van der Waals surface area contributed by atoms with Crippen LogP contribution in [0.2, 0.25) is 0 Å². The first kappa shape index (κ1) is 15.6. The Labute approximate surface area is 126 Å². The van der Waals surface area contributed by atoms with Gasteiger partial charge in [0.2, 0.25) is 0 Å². The summed E-state index contributed by atoms with van der Waals surface area (Å²) in [4.78, 5) is 14.5. The predicted octanol–water partition coefficient (Wildman–Crippen LogP) is 3.34. The van der Waals surface area contributed by atoms with Crippen LogP contribution in [0.4, 0.5) is 0 Å². The Morgan fingerprint density at radius 3 is 2.52 bits per heavy atom. The quantitative estimate of drug-likeness (QED) is 0.765. The number of furan rings is 1. The van der Waals surface area contributed by atoms with Crippen molar-refractivity contribution in [2.45, 2.75) is 40.8 Å². The zero-order valence-electron chi connectivity index (χ0n) is 13.6. The van der Waals surface area contributed by atoms with E-state index in [0.717, 1.165) is 35.0 Å². The Balaban J connectivity index is 2.04. The minimum Gasteiger partial charge on any atom is -0.465 e. The molecule has 21 heavy (non-hydrogen) atoms. The first-order chi connectivity index (χ1) is 9.92. The molecule has 0 saturated heterocycles. The number of carbonyl (C=O) groups is 1. The molecule has 0 aliphatic heterocycles. The van der Waals surface area contributed by atoms with Crippen LogP contribution in [0, 0.1) is 20.8 Å². The van der Waals surface area contributed by atoms with Crippen LogP contribution in [-0.2, 0) is 13.1 Å². The number of ketones is 1. The van der Waals surface area contributed by atoms with Gasteiger partial charge >= 0.3 is 0 Å². The topological polar surface area (TPSA) is 38.4 Å². The number of nitrogens with zero attached hydrogens (tertiary/aromatic N) is 2. The molecular weight excluding hydrogens is 264 g/mol. The third-order valence-corrected chi connectivity index (χ3v) is 3.83. The molecule has 4 heteroatoms. The van der Waals surface area contributed by atoms with Crippen molar-refractivity contribution in [2.24, 2.45) is 0 Å². The van der Waals surface area contributed by atoms with E-state index in [1.165, 1.54) is 0 Å². The minimum atomic E-state index is 0.161. The lowest BCUT2D eigenvalue weighted by atomic mass is 10.1. The SMILES string of the molecule is CCn1c(C)cc(C(=O)CN(C)Cc2ccc(C)o2)c1C. The second-order valence-electron chi connectivity index (χ2n) is 5.64. The number of rotatable bonds is 6. The molecule has 0 atom stereocenters. The summed E-state index contributed by atoms with van der Waals surface area (Å²) < 4.78 is 7.72. The van der Waals surface area contributed by atoms with Crippen molar-refractivity contribution in [1.82, 2.24) is 9.47 Å². The highest BCUT2D eigenvalue weighted by Crippen LogP contribution is 2.16. The second kappa shape index (κ2) is 6.31. The van der Waals surface area contributed by atoms with Crippen molar-refractivity contribution in [3.63, 3.8) is 0 Å². The summed E-state index contributed by atoms with van der Waals surface area (Å²) in [6, 6.07) is 5.89. The molecule has 0 aliphatic rings. The van der Waals surface area contributed by atoms with E-state index in [1.807, 2.05) is 50.9 Å². The lowest BCUT2D eigenvalue weighted by Crippen LogP contribution is -2.25. The molecule has 2 heterocycles. The highest BCUT2D eigenvalue weighted by atomic mass is 16.3. The third-order valence-electron chi connectivity index (χ3n) is 3.83. The van der Waals surface area contributed by atoms with Gasteiger partial charge < -0.3 is 8.98 Å². The number of carbonyl (C=O) groups excluding carboxylic acids is 1. The molecule has 0 radical (unpaired) electrons. The molecule has 0 aromatic carbocycles. The van der Waals surface area contributed by atoms with E-state index in [4.69, 9.17) is 4.42 Å². The molecule has 0 aliphatic carbocycles. The number of hydrogen-bond donors (Lipinski definition) is 0. The first-order valence-electron chi connectivity index (χ1n) is 7.36. The lowest BCUT2D eigenvalue weighted by Gasteiger charge is -2.14. The van der Waals surface area contributed by atoms with Crippen molar-refractivity contribution in [2.75, 3.05) is 13.6 Å². The molecule has 4 nitrogen and oxygen atoms in total. The average molecular weight is 288 g/mol. The summed E-state index contributed by atoms with van der Waals surface area (Å²) >= 11 is 0. The van der Waals surface area contributed by atoms with Gasteiger partial charge in [-0.25, -0.2) is 0 Å². The number of likely N-dealkylation sites (N-methyl/N-ethyl adjacent to an activating group) is 1. The Morgan fingerprint density at radius 1 is 1.29 bits per heavy atom. The Hall–Kier alpha value is -1.81. The van der Waals surface area contributed by atoms with Crippen LogP contribution in [-0.4, -0.2) is 28.8 Å². The van der Waals surface area contributed by atoms with Gasteiger partial charge in [-0.2, -0.15) is 0 Å². The third kappa shape index (κ3) is 3.45. The number of aromatic nitrogens is 1. The number of hydrogen-bond acceptors (Lipinski definition) is 3. The molecule has 0 saturated carbocycles. The largest absolute Gasteiger partial charge is 0.465 e. The van der Waals surface area contributed by atoms with E-state index in [0.29, 0.717) is 13.1 Å². The smallest absolute Gasteiger partial charge is 0.178 e. The van der Waals surface area contributed by atoms with Gasteiger partial charge in [-0.05, 0) is 52.9 Å². The van der Waals surface area contributed by atoms with E-state index < -0.39 is 0 Å². The van der Waals surface area contributed by atoms with Gasteiger partial charge in [-0.3, -0.25) is 9.69 Å². The number of Topliss-reactive ketones (excluding diaryl/α,β-unsaturated/α-hetero) is 1. The van der Waals surface area contributed by atoms with Gasteiger partial charge in [-0.1, -0.05) is 0 Å². The fourth-order valence-corrected chi connectivity index (χ4v) is 2.79. The molecule has 2 aromatic heterocycles. The van der Waals surface area contributed by atoms with Crippen molar-refractivity contribution in [1.29, 1.82) is 0 Å². The average Bonchev–Trinajstić information content (AvgIpc) is 2.93. The van der Waals surface area contributed by atoms with Gasteiger partial charge in [0.05, 0.1) is 13.1 Å². The molecular formula is C17H24N2O2. The Bertz CT molecular complexity index is 637. The molecule has 2 aromatic rings. The van der Waals surface area contributed by atoms with Crippen LogP contribution < -0.4 is 0 Å². The van der Waals surface area contributed by atoms with Crippen molar-refractivity contribution in [3.05, 3.63) is 46.7 Å². The molecule has 2 rings (SSSR count). The van der Waals surface area contributed by atoms with Crippen LogP contribution in [0.5, 0.6) is 0 Å². The summed E-state index contributed by atoms with van der Waals surface area (Å²) in [7, 11) is 1.94. The van der Waals surface area contributed by atoms with Crippen LogP contribution in [0.1, 0.15) is 40.2 Å². The van der Waals surface area contributed by atoms with Gasteiger partial charge in [0.25, 0.3) is 0 Å². The van der Waals surface area contributed by atoms with E-state index >= 15 is 0 Å². The fourth-order valence-electron chi connectivity index (χ4n) is 2.79. The molecule has 0 bridgehead atoms. The van der Waals surface area contributed by atoms with Gasteiger partial charge in [0, 0.05) is 23.5 Å². The zero-order valence-corrected chi connectivity index (χ0v) is 13.6. The van der Waals surface area contributed by atoms with Crippen molar-refractivity contribution in [3.8, 4) is 0 Å². The monoisotopic (exact) mass is 288 g/mol. The fraction of sp³-hybridized carbons (Fsp3) is 0.471. The molecule has 0 N–H and O–H groups in total. The zero-order chi connectivity index (χ0) is 15.6. The first-order valence-corrected chi connectivity index (χ1v) is 7.36. The molecule has 114 valence electrons. The summed E-state index contributed by atoms with van der Waals surface area (Å²) in [5.74, 6) is 1.95. The maximum atomic E-state index is 12.5. The predicted molar refractivity (Wildman–Crippen MR) is 83.7 cm³/mol. The Kier molecular flexibility index (Phi) is 4.68. The normalized spacial score (nSPS) is 11.3. The van der Waals surface area contributed by atoms with Crippen molar-refractivity contribution >= 4 is 5.78 Å². The lowest BCUT2D eigenvalue weighted by molar-refractivity contribution is 0.0939. The summed E-state index contributed by atoms with van der Waals surface area (Å²) in [6.07, 6.45) is 0. The molecule has 0 unspecified atom stereocenters. The summed E-state index contributed by atoms with van der Waals surface area (Å²) in [5, 5.41) is 0. The highest BCUT2D eigenvalue weighted by molar-refractivity contribution is 5.99. The highest BCUT2D eigenvalue weighted by Gasteiger charge is 2.17. The molecule has 0 spiro atoms.